The second-order valence-corrected chi connectivity index (χ2v) is 6.70. The molecule has 0 fully saturated rings. The maximum atomic E-state index is 8.05. The van der Waals surface area contributed by atoms with Gasteiger partial charge in [-0.1, -0.05) is 27.7 Å². The fourth-order valence-electron chi connectivity index (χ4n) is 0.408. The SMILES string of the molecule is C1=CSSC1.N#CC(S)=C(S)C#N.N#CC(S)=C(S)C#N. The molecule has 0 N–H and O–H groups in total. The van der Waals surface area contributed by atoms with Crippen LogP contribution in [0.2, 0.25) is 0 Å². The number of thiol groups is 4. The monoisotopic (exact) mass is 388 g/mol. The highest BCUT2D eigenvalue weighted by Gasteiger charge is 1.92. The van der Waals surface area contributed by atoms with Gasteiger partial charge in [0.1, 0.15) is 43.9 Å². The molecule has 0 atom stereocenters. The Labute approximate surface area is 153 Å². The Morgan fingerprint density at radius 2 is 1.10 bits per heavy atom. The number of hydrogen-bond donors (Lipinski definition) is 4. The van der Waals surface area contributed by atoms with Gasteiger partial charge in [-0.3, -0.25) is 0 Å². The number of allylic oxidation sites excluding steroid dienone is 4. The van der Waals surface area contributed by atoms with Crippen LogP contribution in [0.3, 0.4) is 0 Å². The molecule has 10 heteroatoms. The Morgan fingerprint density at radius 1 is 0.762 bits per heavy atom. The van der Waals surface area contributed by atoms with Crippen LogP contribution < -0.4 is 0 Å². The molecule has 108 valence electrons. The summed E-state index contributed by atoms with van der Waals surface area (Å²) in [5, 5.41) is 34.3. The van der Waals surface area contributed by atoms with Crippen molar-refractivity contribution in [2.75, 3.05) is 5.75 Å². The van der Waals surface area contributed by atoms with Crippen LogP contribution in [0, 0.1) is 45.3 Å². The second kappa shape index (κ2) is 15.7. The van der Waals surface area contributed by atoms with E-state index in [2.05, 4.69) is 62.0 Å². The van der Waals surface area contributed by atoms with Gasteiger partial charge in [-0.05, 0) is 5.41 Å². The third-order valence-electron chi connectivity index (χ3n) is 1.26. The van der Waals surface area contributed by atoms with Crippen LogP contribution in [0.5, 0.6) is 0 Å². The van der Waals surface area contributed by atoms with Crippen molar-refractivity contribution < 1.29 is 0 Å². The summed E-state index contributed by atoms with van der Waals surface area (Å²) in [5.41, 5.74) is 0. The molecule has 0 spiro atoms. The molecule has 0 unspecified atom stereocenters. The summed E-state index contributed by atoms with van der Waals surface area (Å²) >= 11 is 14.5. The van der Waals surface area contributed by atoms with Crippen molar-refractivity contribution in [1.29, 1.82) is 21.0 Å². The smallest absolute Gasteiger partial charge is 0.108 e. The van der Waals surface area contributed by atoms with Crippen molar-refractivity contribution in [2.45, 2.75) is 0 Å². The highest BCUT2D eigenvalue weighted by molar-refractivity contribution is 8.78. The zero-order valence-corrected chi connectivity index (χ0v) is 15.5. The van der Waals surface area contributed by atoms with Crippen LogP contribution in [0.1, 0.15) is 0 Å². The van der Waals surface area contributed by atoms with Gasteiger partial charge in [-0.2, -0.15) is 21.0 Å². The lowest BCUT2D eigenvalue weighted by molar-refractivity contribution is 1.50. The Hall–Kier alpha value is -0.720. The first-order valence-electron chi connectivity index (χ1n) is 4.72. The molecule has 0 saturated carbocycles. The fraction of sp³-hybridized carbons (Fsp3) is 0.0909. The van der Waals surface area contributed by atoms with Crippen LogP contribution in [-0.2, 0) is 0 Å². The molecule has 1 rings (SSSR count). The molecule has 1 heterocycles. The summed E-state index contributed by atoms with van der Waals surface area (Å²) in [6, 6.07) is 6.64. The van der Waals surface area contributed by atoms with Crippen LogP contribution in [-0.4, -0.2) is 5.75 Å². The summed E-state index contributed by atoms with van der Waals surface area (Å²) in [6.07, 6.45) is 2.16. The van der Waals surface area contributed by atoms with E-state index in [-0.39, 0.29) is 19.6 Å². The van der Waals surface area contributed by atoms with E-state index in [9.17, 15) is 0 Å². The molecule has 0 aliphatic carbocycles. The van der Waals surface area contributed by atoms with E-state index in [0.717, 1.165) is 0 Å². The molecule has 0 radical (unpaired) electrons. The van der Waals surface area contributed by atoms with E-state index in [0.29, 0.717) is 0 Å². The maximum Gasteiger partial charge on any atom is 0.108 e. The molecule has 0 aromatic rings. The molecule has 0 bridgehead atoms. The zero-order chi connectivity index (χ0) is 16.7. The summed E-state index contributed by atoms with van der Waals surface area (Å²) in [5.74, 6) is 1.20. The summed E-state index contributed by atoms with van der Waals surface area (Å²) in [4.78, 5) is 0.207. The van der Waals surface area contributed by atoms with E-state index in [1.807, 2.05) is 21.6 Å². The third-order valence-corrected chi connectivity index (χ3v) is 4.82. The predicted octanol–water partition coefficient (Wildman–Crippen LogP) is 4.10. The molecule has 1 aliphatic rings. The van der Waals surface area contributed by atoms with Gasteiger partial charge in [-0.15, -0.1) is 50.5 Å². The topological polar surface area (TPSA) is 95.2 Å². The first-order chi connectivity index (χ1) is 9.94. The highest BCUT2D eigenvalue weighted by Crippen LogP contribution is 2.27. The predicted molar refractivity (Wildman–Crippen MR) is 102 cm³/mol. The largest absolute Gasteiger partial charge is 0.192 e. The zero-order valence-electron chi connectivity index (χ0n) is 10.3. The minimum absolute atomic E-state index is 0.0517. The van der Waals surface area contributed by atoms with Gasteiger partial charge >= 0.3 is 0 Å². The average molecular weight is 389 g/mol. The number of hydrogen-bond acceptors (Lipinski definition) is 10. The van der Waals surface area contributed by atoms with Crippen LogP contribution in [0.4, 0.5) is 0 Å². The molecular weight excluding hydrogens is 381 g/mol. The van der Waals surface area contributed by atoms with Gasteiger partial charge in [-0.25, -0.2) is 0 Å². The van der Waals surface area contributed by atoms with Crippen LogP contribution in [0.25, 0.3) is 0 Å². The highest BCUT2D eigenvalue weighted by atomic mass is 33.1. The molecule has 0 saturated heterocycles. The van der Waals surface area contributed by atoms with Crippen molar-refractivity contribution in [3.05, 3.63) is 31.1 Å². The molecule has 0 aromatic heterocycles. The third kappa shape index (κ3) is 14.0. The quantitative estimate of drug-likeness (QED) is 0.283. The Balaban J connectivity index is 0. The van der Waals surface area contributed by atoms with E-state index in [1.54, 1.807) is 24.3 Å². The molecule has 0 amide bonds. The van der Waals surface area contributed by atoms with Crippen molar-refractivity contribution in [2.24, 2.45) is 0 Å². The first kappa shape index (κ1) is 22.6. The van der Waals surface area contributed by atoms with Crippen LogP contribution >= 0.6 is 72.1 Å². The molecule has 1 aliphatic heterocycles. The summed E-state index contributed by atoms with van der Waals surface area (Å²) in [7, 11) is 3.69. The Bertz CT molecular complexity index is 498. The van der Waals surface area contributed by atoms with Crippen molar-refractivity contribution in [3.63, 3.8) is 0 Å². The number of nitrogens with zero attached hydrogens (tertiary/aromatic N) is 4. The van der Waals surface area contributed by atoms with Gasteiger partial charge in [0.15, 0.2) is 0 Å². The van der Waals surface area contributed by atoms with E-state index in [1.165, 1.54) is 5.75 Å². The summed E-state index contributed by atoms with van der Waals surface area (Å²) < 4.78 is 0. The van der Waals surface area contributed by atoms with Gasteiger partial charge in [0.2, 0.25) is 0 Å². The molecule has 21 heavy (non-hydrogen) atoms. The van der Waals surface area contributed by atoms with E-state index in [4.69, 9.17) is 21.0 Å². The van der Waals surface area contributed by atoms with Gasteiger partial charge in [0.25, 0.3) is 0 Å². The average Bonchev–Trinajstić information content (AvgIpc) is 3.11. The first-order valence-corrected chi connectivity index (χ1v) is 8.89. The second-order valence-electron chi connectivity index (χ2n) is 2.59. The molecule has 4 nitrogen and oxygen atoms in total. The fourth-order valence-corrected chi connectivity index (χ4v) is 2.18. The molecular formula is C11H8N4S6. The lowest BCUT2D eigenvalue weighted by atomic mass is 10.5. The van der Waals surface area contributed by atoms with Crippen molar-refractivity contribution >= 4 is 72.1 Å². The number of rotatable bonds is 0. The minimum atomic E-state index is 0.0517. The van der Waals surface area contributed by atoms with Gasteiger partial charge in [0.05, 0.1) is 0 Å². The number of nitriles is 4. The van der Waals surface area contributed by atoms with E-state index >= 15 is 0 Å². The minimum Gasteiger partial charge on any atom is -0.192 e. The van der Waals surface area contributed by atoms with Crippen molar-refractivity contribution in [3.8, 4) is 24.3 Å². The lowest BCUT2D eigenvalue weighted by Gasteiger charge is -1.79. The Morgan fingerprint density at radius 3 is 1.19 bits per heavy atom. The lowest BCUT2D eigenvalue weighted by Crippen LogP contribution is -1.66. The van der Waals surface area contributed by atoms with Crippen molar-refractivity contribution in [1.82, 2.24) is 0 Å². The van der Waals surface area contributed by atoms with Crippen LogP contribution in [0.15, 0.2) is 31.1 Å². The van der Waals surface area contributed by atoms with E-state index < -0.39 is 0 Å². The molecule has 0 aromatic carbocycles. The van der Waals surface area contributed by atoms with Gasteiger partial charge in [0, 0.05) is 5.75 Å². The summed E-state index contributed by atoms with van der Waals surface area (Å²) in [6.45, 7) is 0. The van der Waals surface area contributed by atoms with Gasteiger partial charge < -0.3 is 0 Å². The normalized spacial score (nSPS) is 13.3. The maximum absolute atomic E-state index is 8.05. The Kier molecular flexibility index (Phi) is 16.8. The standard InChI is InChI=1S/2C4H2N2S2.C3H4S2/c2*5-1-3(7)4(8)2-6;1-2-4-5-3-1/h2*7-8H;1-2H,3H2.